The number of nitrogens with one attached hydrogen (secondary N) is 1. The van der Waals surface area contributed by atoms with Crippen LogP contribution in [0.2, 0.25) is 0 Å². The van der Waals surface area contributed by atoms with E-state index in [1.165, 1.54) is 12.8 Å². The quantitative estimate of drug-likeness (QED) is 0.353. The molecule has 4 nitrogen and oxygen atoms in total. The van der Waals surface area contributed by atoms with Crippen molar-refractivity contribution in [3.05, 3.63) is 0 Å². The summed E-state index contributed by atoms with van der Waals surface area (Å²) in [6.07, 6.45) is 3.95. The summed E-state index contributed by atoms with van der Waals surface area (Å²) in [7, 11) is 2.11. The molecule has 12 heavy (non-hydrogen) atoms. The fourth-order valence-corrected chi connectivity index (χ4v) is 1.71. The van der Waals surface area contributed by atoms with Crippen LogP contribution >= 0.6 is 0 Å². The highest BCUT2D eigenvalue weighted by Gasteiger charge is 2.20. The van der Waals surface area contributed by atoms with Crippen LogP contribution in [0.1, 0.15) is 25.7 Å². The topological polar surface area (TPSA) is 58.4 Å². The molecule has 0 aromatic rings. The number of rotatable bonds is 3. The zero-order chi connectivity index (χ0) is 8.97. The molecule has 1 fully saturated rings. The zero-order valence-electron chi connectivity index (χ0n) is 7.55. The highest BCUT2D eigenvalue weighted by atomic mass is 16.2. The summed E-state index contributed by atoms with van der Waals surface area (Å²) in [5.41, 5.74) is 2.15. The van der Waals surface area contributed by atoms with Crippen LogP contribution in [0, 0.1) is 0 Å². The first-order valence-electron chi connectivity index (χ1n) is 4.43. The van der Waals surface area contributed by atoms with E-state index in [1.807, 2.05) is 0 Å². The fraction of sp³-hybridized carbons (Fsp3) is 0.875. The first-order chi connectivity index (χ1) is 5.74. The minimum Gasteiger partial charge on any atom is -0.303 e. The SMILES string of the molecule is CN1CCC[C@H]1CCC(=O)NN. The maximum absolute atomic E-state index is 10.8. The van der Waals surface area contributed by atoms with Gasteiger partial charge in [-0.3, -0.25) is 10.2 Å². The number of likely N-dealkylation sites (tertiary alicyclic amines) is 1. The van der Waals surface area contributed by atoms with Crippen molar-refractivity contribution < 1.29 is 4.79 Å². The van der Waals surface area contributed by atoms with Crippen molar-refractivity contribution in [2.24, 2.45) is 5.84 Å². The Morgan fingerprint density at radius 1 is 1.75 bits per heavy atom. The Labute approximate surface area is 73.1 Å². The summed E-state index contributed by atoms with van der Waals surface area (Å²) in [5, 5.41) is 0. The molecule has 0 aliphatic carbocycles. The summed E-state index contributed by atoms with van der Waals surface area (Å²) in [6.45, 7) is 1.16. The molecular formula is C8H17N3O. The number of hydrogen-bond acceptors (Lipinski definition) is 3. The maximum atomic E-state index is 10.8. The molecule has 0 aromatic heterocycles. The predicted molar refractivity (Wildman–Crippen MR) is 47.2 cm³/mol. The van der Waals surface area contributed by atoms with Gasteiger partial charge in [0.25, 0.3) is 0 Å². The molecule has 1 atom stereocenters. The average Bonchev–Trinajstić information content (AvgIpc) is 2.47. The second kappa shape index (κ2) is 4.42. The second-order valence-corrected chi connectivity index (χ2v) is 3.38. The highest BCUT2D eigenvalue weighted by molar-refractivity contribution is 5.75. The van der Waals surface area contributed by atoms with Gasteiger partial charge in [-0.2, -0.15) is 0 Å². The molecule has 3 N–H and O–H groups in total. The highest BCUT2D eigenvalue weighted by Crippen LogP contribution is 2.18. The van der Waals surface area contributed by atoms with Crippen LogP contribution in [0.25, 0.3) is 0 Å². The molecule has 0 aromatic carbocycles. The van der Waals surface area contributed by atoms with Crippen molar-refractivity contribution in [3.63, 3.8) is 0 Å². The van der Waals surface area contributed by atoms with E-state index in [-0.39, 0.29) is 5.91 Å². The van der Waals surface area contributed by atoms with Gasteiger partial charge in [0.05, 0.1) is 0 Å². The lowest BCUT2D eigenvalue weighted by Gasteiger charge is -2.18. The standard InChI is InChI=1S/C8H17N3O/c1-11-6-2-3-7(11)4-5-8(12)10-9/h7H,2-6,9H2,1H3,(H,10,12)/t7-/m0/s1. The van der Waals surface area contributed by atoms with E-state index < -0.39 is 0 Å². The summed E-state index contributed by atoms with van der Waals surface area (Å²) < 4.78 is 0. The van der Waals surface area contributed by atoms with E-state index in [0.29, 0.717) is 12.5 Å². The molecule has 0 radical (unpaired) electrons. The molecule has 4 heteroatoms. The van der Waals surface area contributed by atoms with Crippen LogP contribution in [0.4, 0.5) is 0 Å². The average molecular weight is 171 g/mol. The normalized spacial score (nSPS) is 24.3. The number of nitrogens with zero attached hydrogens (tertiary/aromatic N) is 1. The third-order valence-electron chi connectivity index (χ3n) is 2.54. The number of hydrogen-bond donors (Lipinski definition) is 2. The monoisotopic (exact) mass is 171 g/mol. The van der Waals surface area contributed by atoms with Crippen molar-refractivity contribution >= 4 is 5.91 Å². The van der Waals surface area contributed by atoms with Gasteiger partial charge in [-0.15, -0.1) is 0 Å². The van der Waals surface area contributed by atoms with E-state index in [4.69, 9.17) is 5.84 Å². The molecule has 1 heterocycles. The number of carbonyl (C=O) groups is 1. The van der Waals surface area contributed by atoms with Crippen LogP contribution in [0.15, 0.2) is 0 Å². The lowest BCUT2D eigenvalue weighted by atomic mass is 10.1. The van der Waals surface area contributed by atoms with Crippen LogP contribution < -0.4 is 11.3 Å². The van der Waals surface area contributed by atoms with Crippen LogP contribution in [0.3, 0.4) is 0 Å². The summed E-state index contributed by atoms with van der Waals surface area (Å²) in [5.74, 6) is 4.92. The molecule has 1 aliphatic rings. The largest absolute Gasteiger partial charge is 0.303 e. The van der Waals surface area contributed by atoms with Crippen molar-refractivity contribution in [3.8, 4) is 0 Å². The van der Waals surface area contributed by atoms with Crippen LogP contribution in [-0.2, 0) is 4.79 Å². The first kappa shape index (κ1) is 9.48. The van der Waals surface area contributed by atoms with Gasteiger partial charge in [-0.05, 0) is 32.9 Å². The van der Waals surface area contributed by atoms with Crippen molar-refractivity contribution in [1.82, 2.24) is 10.3 Å². The Hall–Kier alpha value is -0.610. The van der Waals surface area contributed by atoms with Crippen LogP contribution in [-0.4, -0.2) is 30.4 Å². The molecule has 1 aliphatic heterocycles. The molecule has 0 spiro atoms. The number of hydrazine groups is 1. The fourth-order valence-electron chi connectivity index (χ4n) is 1.71. The molecule has 0 saturated carbocycles. The molecule has 1 saturated heterocycles. The molecule has 0 unspecified atom stereocenters. The number of nitrogens with two attached hydrogens (primary N) is 1. The lowest BCUT2D eigenvalue weighted by molar-refractivity contribution is -0.121. The van der Waals surface area contributed by atoms with E-state index in [0.717, 1.165) is 13.0 Å². The maximum Gasteiger partial charge on any atom is 0.233 e. The summed E-state index contributed by atoms with van der Waals surface area (Å²) in [4.78, 5) is 13.1. The third kappa shape index (κ3) is 2.46. The van der Waals surface area contributed by atoms with Gasteiger partial charge in [0, 0.05) is 12.5 Å². The van der Waals surface area contributed by atoms with Gasteiger partial charge in [0.1, 0.15) is 0 Å². The summed E-state index contributed by atoms with van der Waals surface area (Å²) in [6, 6.07) is 0.585. The lowest BCUT2D eigenvalue weighted by Crippen LogP contribution is -2.32. The molecule has 1 amide bonds. The van der Waals surface area contributed by atoms with Crippen molar-refractivity contribution in [2.45, 2.75) is 31.7 Å². The number of carbonyl (C=O) groups excluding carboxylic acids is 1. The Morgan fingerprint density at radius 2 is 2.50 bits per heavy atom. The molecule has 0 bridgehead atoms. The third-order valence-corrected chi connectivity index (χ3v) is 2.54. The Kier molecular flexibility index (Phi) is 3.49. The van der Waals surface area contributed by atoms with Gasteiger partial charge in [-0.25, -0.2) is 5.84 Å². The predicted octanol–water partition coefficient (Wildman–Crippen LogP) is -0.149. The van der Waals surface area contributed by atoms with Crippen molar-refractivity contribution in [2.75, 3.05) is 13.6 Å². The minimum atomic E-state index is -0.0599. The first-order valence-corrected chi connectivity index (χ1v) is 4.43. The smallest absolute Gasteiger partial charge is 0.233 e. The van der Waals surface area contributed by atoms with E-state index >= 15 is 0 Å². The van der Waals surface area contributed by atoms with Crippen molar-refractivity contribution in [1.29, 1.82) is 0 Å². The Balaban J connectivity index is 2.18. The van der Waals surface area contributed by atoms with Gasteiger partial charge in [0.2, 0.25) is 5.91 Å². The molecule has 70 valence electrons. The van der Waals surface area contributed by atoms with Crippen LogP contribution in [0.5, 0.6) is 0 Å². The zero-order valence-corrected chi connectivity index (χ0v) is 7.55. The molecule has 1 rings (SSSR count). The Bertz CT molecular complexity index is 160. The Morgan fingerprint density at radius 3 is 3.00 bits per heavy atom. The van der Waals surface area contributed by atoms with Gasteiger partial charge in [-0.1, -0.05) is 0 Å². The van der Waals surface area contributed by atoms with Gasteiger partial charge in [0.15, 0.2) is 0 Å². The van der Waals surface area contributed by atoms with E-state index in [9.17, 15) is 4.79 Å². The van der Waals surface area contributed by atoms with Gasteiger partial charge < -0.3 is 4.90 Å². The number of amides is 1. The van der Waals surface area contributed by atoms with E-state index in [2.05, 4.69) is 17.4 Å². The minimum absolute atomic E-state index is 0.0599. The van der Waals surface area contributed by atoms with E-state index in [1.54, 1.807) is 0 Å². The molecular weight excluding hydrogens is 154 g/mol. The summed E-state index contributed by atoms with van der Waals surface area (Å²) >= 11 is 0. The second-order valence-electron chi connectivity index (χ2n) is 3.38. The van der Waals surface area contributed by atoms with Gasteiger partial charge >= 0.3 is 0 Å².